The molecule has 0 bridgehead atoms. The topological polar surface area (TPSA) is 104 Å². The number of hydrogen-bond donors (Lipinski definition) is 2. The number of nitrogens with zero attached hydrogens (tertiary/aromatic N) is 3. The summed E-state index contributed by atoms with van der Waals surface area (Å²) in [6.45, 7) is 6.12. The Balaban J connectivity index is 1.39. The number of piperidine rings is 1. The molecular formula is C23H26ClN5O3S2. The van der Waals surface area contributed by atoms with E-state index in [0.29, 0.717) is 16.5 Å². The van der Waals surface area contributed by atoms with Crippen LogP contribution in [0.1, 0.15) is 48.7 Å². The second kappa shape index (κ2) is 10.4. The summed E-state index contributed by atoms with van der Waals surface area (Å²) in [6, 6.07) is 13.8. The Kier molecular flexibility index (Phi) is 7.51. The van der Waals surface area contributed by atoms with Crippen LogP contribution in [0.15, 0.2) is 52.9 Å². The Bertz CT molecular complexity index is 1250. The number of halogens is 1. The molecule has 1 amide bonds. The highest BCUT2D eigenvalue weighted by atomic mass is 35.5. The Morgan fingerprint density at radius 2 is 1.85 bits per heavy atom. The lowest BCUT2D eigenvalue weighted by atomic mass is 9.99. The average molecular weight is 520 g/mol. The van der Waals surface area contributed by atoms with Gasteiger partial charge in [-0.15, -0.1) is 10.2 Å². The molecule has 34 heavy (non-hydrogen) atoms. The molecule has 0 aliphatic carbocycles. The van der Waals surface area contributed by atoms with Crippen molar-refractivity contribution in [2.24, 2.45) is 5.92 Å². The van der Waals surface area contributed by atoms with Crippen LogP contribution in [0, 0.1) is 5.92 Å². The molecule has 1 aromatic heterocycles. The van der Waals surface area contributed by atoms with E-state index in [-0.39, 0.29) is 9.47 Å². The zero-order chi connectivity index (χ0) is 24.3. The van der Waals surface area contributed by atoms with Crippen LogP contribution in [0.2, 0.25) is 5.02 Å². The molecule has 180 valence electrons. The van der Waals surface area contributed by atoms with Crippen LogP contribution < -0.4 is 14.9 Å². The molecule has 2 aromatic carbocycles. The largest absolute Gasteiger partial charge is 0.371 e. The molecule has 4 rings (SSSR count). The number of anilines is 2. The summed E-state index contributed by atoms with van der Waals surface area (Å²) in [4.78, 5) is 14.7. The maximum atomic E-state index is 12.8. The van der Waals surface area contributed by atoms with Crippen LogP contribution in [0.4, 0.5) is 10.8 Å². The van der Waals surface area contributed by atoms with Crippen LogP contribution in [0.3, 0.4) is 0 Å². The van der Waals surface area contributed by atoms with Crippen LogP contribution in [0.5, 0.6) is 0 Å². The minimum atomic E-state index is -3.92. The van der Waals surface area contributed by atoms with Gasteiger partial charge >= 0.3 is 0 Å². The van der Waals surface area contributed by atoms with Crippen molar-refractivity contribution in [2.45, 2.75) is 37.1 Å². The van der Waals surface area contributed by atoms with E-state index in [2.05, 4.69) is 32.1 Å². The fraction of sp³-hybridized carbons (Fsp3) is 0.348. The molecule has 2 N–H and O–H groups in total. The van der Waals surface area contributed by atoms with Crippen LogP contribution in [-0.2, 0) is 10.0 Å². The maximum absolute atomic E-state index is 12.8. The summed E-state index contributed by atoms with van der Waals surface area (Å²) in [5.41, 5.74) is 2.37. The molecular weight excluding hydrogens is 494 g/mol. The van der Waals surface area contributed by atoms with Gasteiger partial charge in [0.2, 0.25) is 9.47 Å². The summed E-state index contributed by atoms with van der Waals surface area (Å²) in [5, 5.41) is 10.7. The first kappa shape index (κ1) is 24.6. The van der Waals surface area contributed by atoms with Crippen molar-refractivity contribution >= 4 is 49.7 Å². The van der Waals surface area contributed by atoms with Crippen molar-refractivity contribution < 1.29 is 13.2 Å². The number of amides is 1. The van der Waals surface area contributed by atoms with Gasteiger partial charge in [0, 0.05) is 35.4 Å². The van der Waals surface area contributed by atoms with Crippen LogP contribution in [-0.4, -0.2) is 37.6 Å². The Morgan fingerprint density at radius 3 is 2.53 bits per heavy atom. The van der Waals surface area contributed by atoms with Gasteiger partial charge in [0.25, 0.3) is 15.9 Å². The van der Waals surface area contributed by atoms with Gasteiger partial charge < -0.3 is 4.90 Å². The molecule has 2 atom stereocenters. The highest BCUT2D eigenvalue weighted by Gasteiger charge is 2.24. The van der Waals surface area contributed by atoms with Crippen molar-refractivity contribution in [1.29, 1.82) is 0 Å². The summed E-state index contributed by atoms with van der Waals surface area (Å²) in [5.74, 6) is 0.244. The maximum Gasteiger partial charge on any atom is 0.270 e. The zero-order valence-electron chi connectivity index (χ0n) is 18.9. The van der Waals surface area contributed by atoms with Gasteiger partial charge in [-0.05, 0) is 67.6 Å². The van der Waals surface area contributed by atoms with Crippen LogP contribution >= 0.6 is 22.9 Å². The van der Waals surface area contributed by atoms with Crippen molar-refractivity contribution in [3.63, 3.8) is 0 Å². The number of hydrogen-bond acceptors (Lipinski definition) is 7. The third kappa shape index (κ3) is 5.93. The first-order chi connectivity index (χ1) is 16.2. The zero-order valence-corrected chi connectivity index (χ0v) is 21.3. The van der Waals surface area contributed by atoms with Crippen molar-refractivity contribution in [2.75, 3.05) is 23.3 Å². The van der Waals surface area contributed by atoms with Gasteiger partial charge in [-0.25, -0.2) is 13.1 Å². The number of benzene rings is 2. The summed E-state index contributed by atoms with van der Waals surface area (Å²) < 4.78 is 28.1. The van der Waals surface area contributed by atoms with E-state index in [9.17, 15) is 13.2 Å². The number of carbonyl (C=O) groups excluding carboxylic acids is 1. The average Bonchev–Trinajstić information content (AvgIpc) is 3.29. The molecule has 0 radical (unpaired) electrons. The number of carbonyl (C=O) groups is 1. The fourth-order valence-electron chi connectivity index (χ4n) is 3.89. The van der Waals surface area contributed by atoms with Crippen molar-refractivity contribution in [1.82, 2.24) is 14.9 Å². The number of nitrogens with one attached hydrogen (secondary N) is 2. The summed E-state index contributed by atoms with van der Waals surface area (Å²) in [7, 11) is -3.92. The Hall–Kier alpha value is -2.53. The highest BCUT2D eigenvalue weighted by molar-refractivity contribution is 7.91. The van der Waals surface area contributed by atoms with Gasteiger partial charge in [0.1, 0.15) is 0 Å². The van der Waals surface area contributed by atoms with Crippen molar-refractivity contribution in [3.8, 4) is 0 Å². The molecule has 0 unspecified atom stereocenters. The summed E-state index contributed by atoms with van der Waals surface area (Å²) in [6.07, 6.45) is 2.44. The molecule has 8 nitrogen and oxygen atoms in total. The van der Waals surface area contributed by atoms with Gasteiger partial charge in [0.15, 0.2) is 0 Å². The predicted octanol–water partition coefficient (Wildman–Crippen LogP) is 4.72. The molecule has 1 saturated heterocycles. The van der Waals surface area contributed by atoms with E-state index in [4.69, 9.17) is 11.6 Å². The molecule has 1 fully saturated rings. The standard InChI is InChI=1S/C23H26ClN5O3S2/c1-15-4-3-13-29(14-15)20-11-7-17(8-12-20)16(2)28-34(31,32)23-27-26-22(33-23)25-21(30)18-5-9-19(24)10-6-18/h5-12,15-16,28H,3-4,13-14H2,1-2H3,(H,25,26,30)/t15-,16+/m0/s1. The van der Waals surface area contributed by atoms with Crippen molar-refractivity contribution in [3.05, 3.63) is 64.7 Å². The van der Waals surface area contributed by atoms with E-state index in [1.165, 1.54) is 12.8 Å². The Morgan fingerprint density at radius 1 is 1.15 bits per heavy atom. The molecule has 2 heterocycles. The van der Waals surface area contributed by atoms with E-state index >= 15 is 0 Å². The monoisotopic (exact) mass is 519 g/mol. The SMILES string of the molecule is C[C@H]1CCCN(c2ccc([C@@H](C)NS(=O)(=O)c3nnc(NC(=O)c4ccc(Cl)cc4)s3)cc2)C1. The first-order valence-corrected chi connectivity index (χ1v) is 13.7. The molecule has 0 spiro atoms. The lowest BCUT2D eigenvalue weighted by Gasteiger charge is -2.33. The van der Waals surface area contributed by atoms with Crippen LogP contribution in [0.25, 0.3) is 0 Å². The normalized spacial score (nSPS) is 17.4. The molecule has 1 aliphatic rings. The third-order valence-corrected chi connectivity index (χ3v) is 8.71. The number of sulfonamides is 1. The molecule has 1 aliphatic heterocycles. The fourth-order valence-corrected chi connectivity index (χ4v) is 6.16. The lowest BCUT2D eigenvalue weighted by molar-refractivity contribution is 0.102. The number of rotatable bonds is 7. The third-order valence-electron chi connectivity index (χ3n) is 5.71. The quantitative estimate of drug-likeness (QED) is 0.438. The smallest absolute Gasteiger partial charge is 0.270 e. The van der Waals surface area contributed by atoms with Gasteiger partial charge in [-0.3, -0.25) is 10.1 Å². The molecule has 0 saturated carbocycles. The van der Waals surface area contributed by atoms with E-state index in [0.717, 1.165) is 35.7 Å². The minimum absolute atomic E-state index is 0.0908. The van der Waals surface area contributed by atoms with E-state index in [1.54, 1.807) is 31.2 Å². The predicted molar refractivity (Wildman–Crippen MR) is 135 cm³/mol. The van der Waals surface area contributed by atoms with Gasteiger partial charge in [-0.1, -0.05) is 42.0 Å². The van der Waals surface area contributed by atoms with Gasteiger partial charge in [-0.2, -0.15) is 0 Å². The molecule has 3 aromatic rings. The Labute approximate surface area is 208 Å². The van der Waals surface area contributed by atoms with E-state index in [1.807, 2.05) is 24.3 Å². The minimum Gasteiger partial charge on any atom is -0.371 e. The highest BCUT2D eigenvalue weighted by Crippen LogP contribution is 2.26. The lowest BCUT2D eigenvalue weighted by Crippen LogP contribution is -2.34. The van der Waals surface area contributed by atoms with E-state index < -0.39 is 22.0 Å². The van der Waals surface area contributed by atoms with Gasteiger partial charge in [0.05, 0.1) is 0 Å². The molecule has 11 heteroatoms. The second-order valence-corrected chi connectivity index (χ2v) is 11.8. The number of aromatic nitrogens is 2. The first-order valence-electron chi connectivity index (χ1n) is 11.0. The second-order valence-electron chi connectivity index (χ2n) is 8.46. The summed E-state index contributed by atoms with van der Waals surface area (Å²) >= 11 is 6.62.